The average molecular weight is 449 g/mol. The molecule has 0 fully saturated rings. The summed E-state index contributed by atoms with van der Waals surface area (Å²) in [6, 6.07) is 13.7. The van der Waals surface area contributed by atoms with Gasteiger partial charge >= 0.3 is 12.8 Å². The van der Waals surface area contributed by atoms with Crippen LogP contribution in [0.25, 0.3) is 22.2 Å². The normalized spacial score (nSPS) is 11.8. The van der Waals surface area contributed by atoms with E-state index in [4.69, 9.17) is 4.74 Å². The van der Waals surface area contributed by atoms with Crippen LogP contribution in [0.4, 0.5) is 22.0 Å². The van der Waals surface area contributed by atoms with Gasteiger partial charge in [-0.3, -0.25) is 0 Å². The fourth-order valence-corrected chi connectivity index (χ4v) is 3.37. The largest absolute Gasteiger partial charge is 0.481 e. The Morgan fingerprint density at radius 1 is 1.00 bits per heavy atom. The number of pyridine rings is 1. The first kappa shape index (κ1) is 21.5. The first-order valence-electron chi connectivity index (χ1n) is 9.37. The van der Waals surface area contributed by atoms with Crippen molar-refractivity contribution in [2.45, 2.75) is 19.3 Å². The summed E-state index contributed by atoms with van der Waals surface area (Å²) < 4.78 is 77.2. The van der Waals surface area contributed by atoms with E-state index in [1.807, 2.05) is 0 Å². The second-order valence-electron chi connectivity index (χ2n) is 6.80. The van der Waals surface area contributed by atoms with Crippen LogP contribution in [0.5, 0.6) is 11.6 Å². The lowest BCUT2D eigenvalue weighted by Gasteiger charge is -2.15. The van der Waals surface area contributed by atoms with Crippen LogP contribution in [0, 0.1) is 0 Å². The zero-order valence-corrected chi connectivity index (χ0v) is 16.6. The summed E-state index contributed by atoms with van der Waals surface area (Å²) in [5, 5.41) is 0. The van der Waals surface area contributed by atoms with Gasteiger partial charge in [0.15, 0.2) is 0 Å². The van der Waals surface area contributed by atoms with Gasteiger partial charge in [0.2, 0.25) is 11.7 Å². The molecule has 0 atom stereocenters. The molecule has 2 heterocycles. The van der Waals surface area contributed by atoms with Gasteiger partial charge in [0, 0.05) is 23.4 Å². The first-order valence-corrected chi connectivity index (χ1v) is 9.37. The van der Waals surface area contributed by atoms with Crippen LogP contribution in [-0.2, 0) is 12.7 Å². The van der Waals surface area contributed by atoms with Crippen molar-refractivity contribution in [3.63, 3.8) is 0 Å². The number of ether oxygens (including phenoxy) is 2. The molecule has 32 heavy (non-hydrogen) atoms. The molecule has 0 saturated heterocycles. The first-order chi connectivity index (χ1) is 15.3. The molecule has 0 aliphatic carbocycles. The van der Waals surface area contributed by atoms with Crippen LogP contribution in [0.2, 0.25) is 0 Å². The van der Waals surface area contributed by atoms with E-state index >= 15 is 0 Å². The van der Waals surface area contributed by atoms with Crippen molar-refractivity contribution in [1.82, 2.24) is 14.5 Å². The minimum absolute atomic E-state index is 0.120. The molecule has 0 aliphatic heterocycles. The van der Waals surface area contributed by atoms with E-state index in [0.717, 1.165) is 4.57 Å². The lowest BCUT2D eigenvalue weighted by Crippen LogP contribution is -2.16. The molecule has 2 aromatic heterocycles. The fourth-order valence-electron chi connectivity index (χ4n) is 3.37. The van der Waals surface area contributed by atoms with E-state index in [1.165, 1.54) is 43.6 Å². The van der Waals surface area contributed by atoms with Gasteiger partial charge in [0.1, 0.15) is 5.75 Å². The van der Waals surface area contributed by atoms with Gasteiger partial charge in [-0.1, -0.05) is 24.3 Å². The summed E-state index contributed by atoms with van der Waals surface area (Å²) in [5.41, 5.74) is 1.75. The Kier molecular flexibility index (Phi) is 5.68. The number of alkyl halides is 5. The van der Waals surface area contributed by atoms with Gasteiger partial charge < -0.3 is 14.0 Å². The number of halogens is 5. The topological polar surface area (TPSA) is 49.2 Å². The number of fused-ring (bicyclic) bond motifs is 1. The molecule has 0 spiro atoms. The second-order valence-corrected chi connectivity index (χ2v) is 6.80. The number of hydrogen-bond acceptors (Lipinski definition) is 4. The van der Waals surface area contributed by atoms with Crippen molar-refractivity contribution in [2.24, 2.45) is 0 Å². The number of benzene rings is 2. The lowest BCUT2D eigenvalue weighted by atomic mass is 10.1. The molecule has 4 aromatic rings. The summed E-state index contributed by atoms with van der Waals surface area (Å²) in [5.74, 6) is -0.938. The van der Waals surface area contributed by atoms with Crippen LogP contribution in [0.3, 0.4) is 0 Å². The molecule has 5 nitrogen and oxygen atoms in total. The van der Waals surface area contributed by atoms with Gasteiger partial charge in [-0.25, -0.2) is 9.97 Å². The van der Waals surface area contributed by atoms with Crippen LogP contribution < -0.4 is 9.47 Å². The Labute approximate surface area is 179 Å². The highest BCUT2D eigenvalue weighted by Crippen LogP contribution is 2.35. The summed E-state index contributed by atoms with van der Waals surface area (Å²) in [7, 11) is 1.47. The predicted molar refractivity (Wildman–Crippen MR) is 107 cm³/mol. The number of hydrogen-bond donors (Lipinski definition) is 0. The van der Waals surface area contributed by atoms with Gasteiger partial charge in [-0.15, -0.1) is 0 Å². The molecular formula is C22H16F5N3O2. The van der Waals surface area contributed by atoms with Crippen LogP contribution in [0.1, 0.15) is 11.4 Å². The van der Waals surface area contributed by atoms with Crippen molar-refractivity contribution in [2.75, 3.05) is 7.11 Å². The van der Waals surface area contributed by atoms with Crippen LogP contribution in [-0.4, -0.2) is 28.3 Å². The number of imidazole rings is 1. The number of para-hydroxylation sites is 1. The third-order valence-corrected chi connectivity index (χ3v) is 4.80. The number of methoxy groups -OCH3 is 1. The number of rotatable bonds is 6. The summed E-state index contributed by atoms with van der Waals surface area (Å²) in [6.07, 6.45) is -3.21. The number of aromatic nitrogens is 3. The minimum atomic E-state index is -4.75. The van der Waals surface area contributed by atoms with E-state index < -0.39 is 18.6 Å². The van der Waals surface area contributed by atoms with E-state index in [1.54, 1.807) is 24.3 Å². The SMILES string of the molecule is COc1ccc(-c2ccc3nc(C(F)(F)F)n(Cc4ccccc4OC(F)F)c3c2)cn1. The predicted octanol–water partition coefficient (Wildman–Crippen LogP) is 5.78. The summed E-state index contributed by atoms with van der Waals surface area (Å²) in [4.78, 5) is 7.86. The standard InChI is InChI=1S/C22H16F5N3O2/c1-31-19-9-7-14(11-28-19)13-6-8-16-17(10-13)30(20(29-16)22(25,26)27)12-15-4-2-3-5-18(15)32-21(23)24/h2-11,21H,12H2,1H3. The molecule has 4 rings (SSSR count). The highest BCUT2D eigenvalue weighted by Gasteiger charge is 2.37. The maximum Gasteiger partial charge on any atom is 0.449 e. The van der Waals surface area contributed by atoms with Crippen molar-refractivity contribution < 1.29 is 31.4 Å². The average Bonchev–Trinajstić information content (AvgIpc) is 3.13. The fraction of sp³-hybridized carbons (Fsp3) is 0.182. The molecule has 10 heteroatoms. The molecule has 0 radical (unpaired) electrons. The zero-order chi connectivity index (χ0) is 22.9. The summed E-state index contributed by atoms with van der Waals surface area (Å²) >= 11 is 0. The van der Waals surface area contributed by atoms with E-state index in [-0.39, 0.29) is 28.9 Å². The molecule has 0 bridgehead atoms. The Morgan fingerprint density at radius 3 is 2.41 bits per heavy atom. The van der Waals surface area contributed by atoms with E-state index in [2.05, 4.69) is 14.7 Å². The minimum Gasteiger partial charge on any atom is -0.481 e. The third kappa shape index (κ3) is 4.34. The molecule has 0 amide bonds. The Hall–Kier alpha value is -3.69. The summed E-state index contributed by atoms with van der Waals surface area (Å²) in [6.45, 7) is -3.47. The van der Waals surface area contributed by atoms with Crippen molar-refractivity contribution in [3.05, 3.63) is 72.2 Å². The zero-order valence-electron chi connectivity index (χ0n) is 16.6. The second kappa shape index (κ2) is 8.45. The smallest absolute Gasteiger partial charge is 0.449 e. The monoisotopic (exact) mass is 449 g/mol. The van der Waals surface area contributed by atoms with Gasteiger partial charge in [-0.05, 0) is 29.8 Å². The van der Waals surface area contributed by atoms with Crippen LogP contribution in [0.15, 0.2) is 60.8 Å². The maximum atomic E-state index is 13.7. The quantitative estimate of drug-likeness (QED) is 0.351. The molecule has 2 aromatic carbocycles. The highest BCUT2D eigenvalue weighted by atomic mass is 19.4. The highest BCUT2D eigenvalue weighted by molar-refractivity contribution is 5.83. The molecule has 0 N–H and O–H groups in total. The maximum absolute atomic E-state index is 13.7. The lowest BCUT2D eigenvalue weighted by molar-refractivity contribution is -0.146. The number of nitrogens with zero attached hydrogens (tertiary/aromatic N) is 3. The Balaban J connectivity index is 1.84. The van der Waals surface area contributed by atoms with Crippen molar-refractivity contribution >= 4 is 11.0 Å². The Bertz CT molecular complexity index is 1240. The van der Waals surface area contributed by atoms with Crippen molar-refractivity contribution in [3.8, 4) is 22.8 Å². The van der Waals surface area contributed by atoms with Crippen LogP contribution >= 0.6 is 0 Å². The molecule has 0 saturated carbocycles. The van der Waals surface area contributed by atoms with Gasteiger partial charge in [-0.2, -0.15) is 22.0 Å². The Morgan fingerprint density at radius 2 is 1.75 bits per heavy atom. The van der Waals surface area contributed by atoms with Gasteiger partial charge in [0.05, 0.1) is 24.7 Å². The third-order valence-electron chi connectivity index (χ3n) is 4.80. The molecule has 0 aliphatic rings. The molecule has 166 valence electrons. The molecule has 0 unspecified atom stereocenters. The van der Waals surface area contributed by atoms with E-state index in [9.17, 15) is 22.0 Å². The van der Waals surface area contributed by atoms with Gasteiger partial charge in [0.25, 0.3) is 0 Å². The van der Waals surface area contributed by atoms with Crippen molar-refractivity contribution in [1.29, 1.82) is 0 Å². The molecular weight excluding hydrogens is 433 g/mol. The van der Waals surface area contributed by atoms with E-state index in [0.29, 0.717) is 17.0 Å².